The van der Waals surface area contributed by atoms with E-state index >= 15 is 0 Å². The third-order valence-corrected chi connectivity index (χ3v) is 3.16. The molecule has 6 nitrogen and oxygen atoms in total. The summed E-state index contributed by atoms with van der Waals surface area (Å²) in [6.45, 7) is 7.88. The monoisotopic (exact) mass is 251 g/mol. The zero-order valence-electron chi connectivity index (χ0n) is 11.1. The van der Waals surface area contributed by atoms with Crippen LogP contribution in [0.1, 0.15) is 49.1 Å². The van der Waals surface area contributed by atoms with Gasteiger partial charge in [-0.1, -0.05) is 13.8 Å². The van der Waals surface area contributed by atoms with Crippen LogP contribution in [0.25, 0.3) is 0 Å². The lowest BCUT2D eigenvalue weighted by Gasteiger charge is -2.13. The smallest absolute Gasteiger partial charge is 0.291 e. The fraction of sp³-hybridized carbons (Fsp3) is 0.750. The quantitative estimate of drug-likeness (QED) is 0.810. The lowest BCUT2D eigenvalue weighted by molar-refractivity contribution is 0.0939. The van der Waals surface area contributed by atoms with E-state index in [1.165, 1.54) is 12.8 Å². The number of aromatic amines is 1. The summed E-state index contributed by atoms with van der Waals surface area (Å²) >= 11 is 0. The summed E-state index contributed by atoms with van der Waals surface area (Å²) in [6.07, 6.45) is 2.54. The molecule has 1 aliphatic rings. The van der Waals surface area contributed by atoms with Gasteiger partial charge in [-0.15, -0.1) is 5.10 Å². The molecule has 0 bridgehead atoms. The third-order valence-electron chi connectivity index (χ3n) is 3.16. The first kappa shape index (κ1) is 13.0. The minimum Gasteiger partial charge on any atom is -0.348 e. The molecule has 2 N–H and O–H groups in total. The van der Waals surface area contributed by atoms with Crippen LogP contribution in [-0.2, 0) is 0 Å². The average Bonchev–Trinajstić information content (AvgIpc) is 2.99. The fourth-order valence-corrected chi connectivity index (χ4v) is 2.05. The zero-order chi connectivity index (χ0) is 13.0. The average molecular weight is 251 g/mol. The molecule has 0 saturated carbocycles. The molecule has 2 rings (SSSR count). The Morgan fingerprint density at radius 2 is 2.17 bits per heavy atom. The number of carbonyl (C=O) groups excluding carboxylic acids is 1. The van der Waals surface area contributed by atoms with Crippen molar-refractivity contribution < 1.29 is 4.79 Å². The maximum Gasteiger partial charge on any atom is 0.291 e. The van der Waals surface area contributed by atoms with Crippen LogP contribution in [0, 0.1) is 0 Å². The Hall–Kier alpha value is -1.43. The molecule has 0 radical (unpaired) electrons. The van der Waals surface area contributed by atoms with E-state index in [1.807, 2.05) is 13.8 Å². The Labute approximate surface area is 107 Å². The lowest BCUT2D eigenvalue weighted by atomic mass is 10.2. The van der Waals surface area contributed by atoms with Gasteiger partial charge in [0.2, 0.25) is 5.82 Å². The number of aromatic nitrogens is 3. The number of carbonyl (C=O) groups is 1. The predicted molar refractivity (Wildman–Crippen MR) is 68.5 cm³/mol. The van der Waals surface area contributed by atoms with Crippen molar-refractivity contribution >= 4 is 5.91 Å². The Bertz CT molecular complexity index is 395. The van der Waals surface area contributed by atoms with Gasteiger partial charge in [0.15, 0.2) is 0 Å². The molecule has 0 atom stereocenters. The fourth-order valence-electron chi connectivity index (χ4n) is 2.05. The molecule has 1 aromatic heterocycles. The first-order valence-corrected chi connectivity index (χ1v) is 6.59. The van der Waals surface area contributed by atoms with Gasteiger partial charge in [-0.05, 0) is 25.9 Å². The summed E-state index contributed by atoms with van der Waals surface area (Å²) in [4.78, 5) is 18.3. The molecule has 2 heterocycles. The standard InChI is InChI=1S/C12H21N5O/c1-9(2)10-14-11(16-15-10)12(18)13-5-8-17-6-3-4-7-17/h9H,3-8H2,1-2H3,(H,13,18)(H,14,15,16). The lowest BCUT2D eigenvalue weighted by Crippen LogP contribution is -2.33. The van der Waals surface area contributed by atoms with Crippen LogP contribution >= 0.6 is 0 Å². The predicted octanol–water partition coefficient (Wildman–Crippen LogP) is 0.754. The topological polar surface area (TPSA) is 73.9 Å². The summed E-state index contributed by atoms with van der Waals surface area (Å²) < 4.78 is 0. The van der Waals surface area contributed by atoms with E-state index in [0.717, 1.165) is 25.5 Å². The second-order valence-electron chi connectivity index (χ2n) is 5.00. The van der Waals surface area contributed by atoms with Crippen molar-refractivity contribution in [1.29, 1.82) is 0 Å². The van der Waals surface area contributed by atoms with Gasteiger partial charge in [-0.2, -0.15) is 0 Å². The van der Waals surface area contributed by atoms with Crippen LogP contribution in [0.2, 0.25) is 0 Å². The highest BCUT2D eigenvalue weighted by Gasteiger charge is 2.15. The number of hydrogen-bond donors (Lipinski definition) is 2. The number of nitrogens with one attached hydrogen (secondary N) is 2. The van der Waals surface area contributed by atoms with Crippen molar-refractivity contribution in [3.05, 3.63) is 11.6 Å². The van der Waals surface area contributed by atoms with Crippen molar-refractivity contribution in [2.24, 2.45) is 0 Å². The molecule has 1 amide bonds. The molecule has 1 fully saturated rings. The maximum absolute atomic E-state index is 11.8. The van der Waals surface area contributed by atoms with E-state index < -0.39 is 0 Å². The number of hydrogen-bond acceptors (Lipinski definition) is 4. The maximum atomic E-state index is 11.8. The largest absolute Gasteiger partial charge is 0.348 e. The second kappa shape index (κ2) is 5.95. The molecule has 0 aliphatic carbocycles. The van der Waals surface area contributed by atoms with Gasteiger partial charge in [-0.25, -0.2) is 4.98 Å². The molecule has 0 spiro atoms. The summed E-state index contributed by atoms with van der Waals surface area (Å²) in [5.41, 5.74) is 0. The SMILES string of the molecule is CC(C)c1nc(C(=O)NCCN2CCCC2)n[nH]1. The highest BCUT2D eigenvalue weighted by Crippen LogP contribution is 2.07. The molecule has 18 heavy (non-hydrogen) atoms. The van der Waals surface area contributed by atoms with E-state index in [4.69, 9.17) is 0 Å². The Balaban J connectivity index is 1.76. The first-order valence-electron chi connectivity index (χ1n) is 6.59. The van der Waals surface area contributed by atoms with Gasteiger partial charge in [0.05, 0.1) is 0 Å². The number of nitrogens with zero attached hydrogens (tertiary/aromatic N) is 3. The van der Waals surface area contributed by atoms with Gasteiger partial charge in [-0.3, -0.25) is 9.89 Å². The van der Waals surface area contributed by atoms with Crippen molar-refractivity contribution in [1.82, 2.24) is 25.4 Å². The van der Waals surface area contributed by atoms with Gasteiger partial charge in [0.25, 0.3) is 5.91 Å². The van der Waals surface area contributed by atoms with Gasteiger partial charge < -0.3 is 10.2 Å². The molecular weight excluding hydrogens is 230 g/mol. The Morgan fingerprint density at radius 3 is 2.78 bits per heavy atom. The van der Waals surface area contributed by atoms with Crippen LogP contribution in [0.5, 0.6) is 0 Å². The van der Waals surface area contributed by atoms with E-state index in [0.29, 0.717) is 6.54 Å². The minimum atomic E-state index is -0.197. The molecule has 0 aromatic carbocycles. The summed E-state index contributed by atoms with van der Waals surface area (Å²) in [7, 11) is 0. The van der Waals surface area contributed by atoms with Crippen LogP contribution in [0.3, 0.4) is 0 Å². The van der Waals surface area contributed by atoms with Gasteiger partial charge in [0, 0.05) is 19.0 Å². The van der Waals surface area contributed by atoms with E-state index in [1.54, 1.807) is 0 Å². The van der Waals surface area contributed by atoms with Gasteiger partial charge >= 0.3 is 0 Å². The molecule has 1 aliphatic heterocycles. The Morgan fingerprint density at radius 1 is 1.44 bits per heavy atom. The van der Waals surface area contributed by atoms with E-state index in [9.17, 15) is 4.79 Å². The number of amides is 1. The molecule has 0 unspecified atom stereocenters. The van der Waals surface area contributed by atoms with Crippen LogP contribution in [0.4, 0.5) is 0 Å². The summed E-state index contributed by atoms with van der Waals surface area (Å²) in [6, 6.07) is 0. The normalized spacial score (nSPS) is 16.4. The summed E-state index contributed by atoms with van der Waals surface area (Å²) in [5, 5.41) is 9.56. The minimum absolute atomic E-state index is 0.197. The van der Waals surface area contributed by atoms with Gasteiger partial charge in [0.1, 0.15) is 5.82 Å². The summed E-state index contributed by atoms with van der Waals surface area (Å²) in [5.74, 6) is 1.04. The van der Waals surface area contributed by atoms with Crippen molar-refractivity contribution in [3.8, 4) is 0 Å². The van der Waals surface area contributed by atoms with Crippen molar-refractivity contribution in [2.45, 2.75) is 32.6 Å². The van der Waals surface area contributed by atoms with E-state index in [-0.39, 0.29) is 17.6 Å². The molecule has 1 saturated heterocycles. The van der Waals surface area contributed by atoms with Crippen LogP contribution < -0.4 is 5.32 Å². The first-order chi connectivity index (χ1) is 8.66. The second-order valence-corrected chi connectivity index (χ2v) is 5.00. The number of likely N-dealkylation sites (tertiary alicyclic amines) is 1. The molecule has 6 heteroatoms. The van der Waals surface area contributed by atoms with Crippen molar-refractivity contribution in [3.63, 3.8) is 0 Å². The molecular formula is C12H21N5O. The third kappa shape index (κ3) is 3.29. The zero-order valence-corrected chi connectivity index (χ0v) is 11.1. The van der Waals surface area contributed by atoms with Crippen LogP contribution in [-0.4, -0.2) is 52.2 Å². The highest BCUT2D eigenvalue weighted by molar-refractivity contribution is 5.90. The Kier molecular flexibility index (Phi) is 4.30. The number of rotatable bonds is 5. The van der Waals surface area contributed by atoms with E-state index in [2.05, 4.69) is 25.4 Å². The number of H-pyrrole nitrogens is 1. The molecule has 1 aromatic rings. The van der Waals surface area contributed by atoms with Crippen LogP contribution in [0.15, 0.2) is 0 Å². The molecule has 100 valence electrons. The highest BCUT2D eigenvalue weighted by atomic mass is 16.2. The van der Waals surface area contributed by atoms with Crippen molar-refractivity contribution in [2.75, 3.05) is 26.2 Å².